The zero-order chi connectivity index (χ0) is 11.3. The molecular formula is C11H21BrN2O. The number of alkyl halides is 1. The Bertz CT molecular complexity index is 211. The summed E-state index contributed by atoms with van der Waals surface area (Å²) in [6.45, 7) is 5.40. The second kappa shape index (κ2) is 6.48. The lowest BCUT2D eigenvalue weighted by molar-refractivity contribution is -0.126. The van der Waals surface area contributed by atoms with Gasteiger partial charge in [-0.25, -0.2) is 0 Å². The van der Waals surface area contributed by atoms with Gasteiger partial charge in [0.15, 0.2) is 0 Å². The topological polar surface area (TPSA) is 32.3 Å². The van der Waals surface area contributed by atoms with E-state index >= 15 is 0 Å². The van der Waals surface area contributed by atoms with Crippen LogP contribution in [0.4, 0.5) is 0 Å². The molecule has 1 heterocycles. The normalized spacial score (nSPS) is 24.9. The van der Waals surface area contributed by atoms with Crippen LogP contribution in [0.5, 0.6) is 0 Å². The van der Waals surface area contributed by atoms with E-state index in [4.69, 9.17) is 0 Å². The number of carbonyl (C=O) groups is 1. The van der Waals surface area contributed by atoms with Gasteiger partial charge in [0.25, 0.3) is 0 Å². The highest BCUT2D eigenvalue weighted by Gasteiger charge is 2.25. The number of nitrogens with zero attached hydrogens (tertiary/aromatic N) is 1. The van der Waals surface area contributed by atoms with Crippen molar-refractivity contribution in [3.63, 3.8) is 0 Å². The molecule has 1 N–H and O–H groups in total. The third-order valence-corrected chi connectivity index (χ3v) is 4.06. The quantitative estimate of drug-likeness (QED) is 0.789. The fourth-order valence-electron chi connectivity index (χ4n) is 2.13. The van der Waals surface area contributed by atoms with Crippen molar-refractivity contribution in [3.05, 3.63) is 0 Å². The fourth-order valence-corrected chi connectivity index (χ4v) is 2.33. The van der Waals surface area contributed by atoms with Crippen molar-refractivity contribution in [2.45, 2.75) is 19.8 Å². The molecule has 0 radical (unpaired) electrons. The predicted molar refractivity (Wildman–Crippen MR) is 66.2 cm³/mol. The number of carbonyl (C=O) groups excluding carboxylic acids is 1. The monoisotopic (exact) mass is 276 g/mol. The van der Waals surface area contributed by atoms with E-state index in [0.29, 0.717) is 5.92 Å². The van der Waals surface area contributed by atoms with Crippen LogP contribution in [0.25, 0.3) is 0 Å². The lowest BCUT2D eigenvalue weighted by atomic mass is 9.96. The van der Waals surface area contributed by atoms with Gasteiger partial charge in [-0.1, -0.05) is 22.9 Å². The molecule has 2 atom stereocenters. The van der Waals surface area contributed by atoms with E-state index in [0.717, 1.165) is 37.8 Å². The number of halogens is 1. The van der Waals surface area contributed by atoms with Crippen LogP contribution in [0.2, 0.25) is 0 Å². The zero-order valence-electron chi connectivity index (χ0n) is 9.63. The highest BCUT2D eigenvalue weighted by molar-refractivity contribution is 9.09. The van der Waals surface area contributed by atoms with Gasteiger partial charge in [0.05, 0.1) is 5.92 Å². The Morgan fingerprint density at radius 1 is 1.67 bits per heavy atom. The fraction of sp³-hybridized carbons (Fsp3) is 0.909. The van der Waals surface area contributed by atoms with Crippen LogP contribution >= 0.6 is 15.9 Å². The highest BCUT2D eigenvalue weighted by Crippen LogP contribution is 2.18. The van der Waals surface area contributed by atoms with E-state index in [-0.39, 0.29) is 11.8 Å². The summed E-state index contributed by atoms with van der Waals surface area (Å²) in [5.41, 5.74) is 0. The second-order valence-electron chi connectivity index (χ2n) is 4.47. The highest BCUT2D eigenvalue weighted by atomic mass is 79.9. The molecule has 0 aromatic carbocycles. The first-order valence-electron chi connectivity index (χ1n) is 5.67. The molecule has 1 saturated heterocycles. The van der Waals surface area contributed by atoms with Crippen molar-refractivity contribution in [1.82, 2.24) is 10.2 Å². The summed E-state index contributed by atoms with van der Waals surface area (Å²) in [6, 6.07) is 0. The number of hydrogen-bond acceptors (Lipinski definition) is 2. The van der Waals surface area contributed by atoms with Crippen molar-refractivity contribution >= 4 is 21.8 Å². The number of nitrogens with one attached hydrogen (secondary N) is 1. The van der Waals surface area contributed by atoms with E-state index in [2.05, 4.69) is 33.1 Å². The Hall–Kier alpha value is -0.0900. The van der Waals surface area contributed by atoms with Gasteiger partial charge in [-0.15, -0.1) is 0 Å². The molecule has 15 heavy (non-hydrogen) atoms. The summed E-state index contributed by atoms with van der Waals surface area (Å²) in [6.07, 6.45) is 2.19. The zero-order valence-corrected chi connectivity index (χ0v) is 11.2. The van der Waals surface area contributed by atoms with Gasteiger partial charge in [-0.2, -0.15) is 0 Å². The molecule has 1 fully saturated rings. The SMILES string of the molecule is CNC(=O)C1CCCN(CC(C)CBr)C1. The lowest BCUT2D eigenvalue weighted by Crippen LogP contribution is -2.43. The lowest BCUT2D eigenvalue weighted by Gasteiger charge is -2.33. The Kier molecular flexibility index (Phi) is 5.61. The van der Waals surface area contributed by atoms with Crippen molar-refractivity contribution in [1.29, 1.82) is 0 Å². The first-order valence-corrected chi connectivity index (χ1v) is 6.79. The summed E-state index contributed by atoms with van der Waals surface area (Å²) in [5, 5.41) is 3.78. The summed E-state index contributed by atoms with van der Waals surface area (Å²) in [4.78, 5) is 13.9. The predicted octanol–water partition coefficient (Wildman–Crippen LogP) is 1.48. The van der Waals surface area contributed by atoms with Gasteiger partial charge in [0.2, 0.25) is 5.91 Å². The molecule has 0 aromatic rings. The first-order chi connectivity index (χ1) is 7.17. The minimum atomic E-state index is 0.200. The van der Waals surface area contributed by atoms with Crippen molar-refractivity contribution in [2.75, 3.05) is 32.0 Å². The molecule has 1 aliphatic rings. The molecule has 88 valence electrons. The van der Waals surface area contributed by atoms with Crippen LogP contribution in [0.15, 0.2) is 0 Å². The smallest absolute Gasteiger partial charge is 0.224 e. The van der Waals surface area contributed by atoms with E-state index < -0.39 is 0 Å². The van der Waals surface area contributed by atoms with Crippen LogP contribution in [0.3, 0.4) is 0 Å². The second-order valence-corrected chi connectivity index (χ2v) is 5.12. The number of hydrogen-bond donors (Lipinski definition) is 1. The standard InChI is InChI=1S/C11H21BrN2O/c1-9(6-12)7-14-5-3-4-10(8-14)11(15)13-2/h9-10H,3-8H2,1-2H3,(H,13,15). The van der Waals surface area contributed by atoms with E-state index in [9.17, 15) is 4.79 Å². The average molecular weight is 277 g/mol. The maximum absolute atomic E-state index is 11.5. The molecular weight excluding hydrogens is 256 g/mol. The molecule has 0 spiro atoms. The Morgan fingerprint density at radius 2 is 2.40 bits per heavy atom. The number of amides is 1. The number of rotatable bonds is 4. The van der Waals surface area contributed by atoms with E-state index in [1.165, 1.54) is 0 Å². The molecule has 1 aliphatic heterocycles. The van der Waals surface area contributed by atoms with Crippen LogP contribution in [0, 0.1) is 11.8 Å². The number of likely N-dealkylation sites (tertiary alicyclic amines) is 1. The largest absolute Gasteiger partial charge is 0.359 e. The molecule has 0 bridgehead atoms. The Morgan fingerprint density at radius 3 is 3.00 bits per heavy atom. The first kappa shape index (κ1) is 13.0. The maximum atomic E-state index is 11.5. The summed E-state index contributed by atoms with van der Waals surface area (Å²) < 4.78 is 0. The van der Waals surface area contributed by atoms with Gasteiger partial charge in [0, 0.05) is 25.5 Å². The summed E-state index contributed by atoms with van der Waals surface area (Å²) in [5.74, 6) is 1.06. The van der Waals surface area contributed by atoms with Gasteiger partial charge in [0.1, 0.15) is 0 Å². The van der Waals surface area contributed by atoms with E-state index in [1.54, 1.807) is 7.05 Å². The molecule has 1 rings (SSSR count). The average Bonchev–Trinajstić information content (AvgIpc) is 2.28. The minimum absolute atomic E-state index is 0.200. The number of piperidine rings is 1. The molecule has 1 amide bonds. The summed E-state index contributed by atoms with van der Waals surface area (Å²) in [7, 11) is 1.72. The minimum Gasteiger partial charge on any atom is -0.359 e. The van der Waals surface area contributed by atoms with Gasteiger partial charge in [-0.3, -0.25) is 4.79 Å². The summed E-state index contributed by atoms with van der Waals surface area (Å²) >= 11 is 3.49. The van der Waals surface area contributed by atoms with Gasteiger partial charge >= 0.3 is 0 Å². The molecule has 0 aromatic heterocycles. The van der Waals surface area contributed by atoms with Crippen LogP contribution in [0.1, 0.15) is 19.8 Å². The van der Waals surface area contributed by atoms with Crippen molar-refractivity contribution in [3.8, 4) is 0 Å². The van der Waals surface area contributed by atoms with Crippen molar-refractivity contribution in [2.24, 2.45) is 11.8 Å². The van der Waals surface area contributed by atoms with Crippen LogP contribution in [-0.4, -0.2) is 42.8 Å². The third kappa shape index (κ3) is 4.11. The van der Waals surface area contributed by atoms with Gasteiger partial charge in [-0.05, 0) is 25.3 Å². The molecule has 4 heteroatoms. The van der Waals surface area contributed by atoms with E-state index in [1.807, 2.05) is 0 Å². The van der Waals surface area contributed by atoms with Crippen LogP contribution < -0.4 is 5.32 Å². The van der Waals surface area contributed by atoms with Crippen molar-refractivity contribution < 1.29 is 4.79 Å². The maximum Gasteiger partial charge on any atom is 0.224 e. The Balaban J connectivity index is 2.38. The van der Waals surface area contributed by atoms with Gasteiger partial charge < -0.3 is 10.2 Å². The molecule has 0 saturated carbocycles. The Labute approximate surface area is 101 Å². The third-order valence-electron chi connectivity index (χ3n) is 2.96. The molecule has 0 aliphatic carbocycles. The molecule has 2 unspecified atom stereocenters. The van der Waals surface area contributed by atoms with Crippen LogP contribution in [-0.2, 0) is 4.79 Å². The molecule has 3 nitrogen and oxygen atoms in total.